The zero-order chi connectivity index (χ0) is 18.3. The average Bonchev–Trinajstić information content (AvgIpc) is 2.93. The van der Waals surface area contributed by atoms with Crippen molar-refractivity contribution in [3.05, 3.63) is 56.8 Å². The van der Waals surface area contributed by atoms with Gasteiger partial charge in [0.2, 0.25) is 0 Å². The molecule has 0 radical (unpaired) electrons. The summed E-state index contributed by atoms with van der Waals surface area (Å²) in [7, 11) is 0. The van der Waals surface area contributed by atoms with E-state index in [2.05, 4.69) is 50.5 Å². The summed E-state index contributed by atoms with van der Waals surface area (Å²) in [6.45, 7) is 2.51. The topological polar surface area (TPSA) is 62.0 Å². The lowest BCUT2D eigenvalue weighted by molar-refractivity contribution is 0.0922. The van der Waals surface area contributed by atoms with Crippen LogP contribution < -0.4 is 5.32 Å². The average molecular weight is 415 g/mol. The summed E-state index contributed by atoms with van der Waals surface area (Å²) in [6, 6.07) is 8.41. The van der Waals surface area contributed by atoms with Gasteiger partial charge in [-0.2, -0.15) is 0 Å². The predicted octanol–water partition coefficient (Wildman–Crippen LogP) is 4.46. The number of aromatic nitrogens is 1. The van der Waals surface area contributed by atoms with E-state index in [4.69, 9.17) is 0 Å². The number of amides is 1. The van der Waals surface area contributed by atoms with Gasteiger partial charge in [0.25, 0.3) is 5.91 Å². The Bertz CT molecular complexity index is 863. The fraction of sp³-hybridized carbons (Fsp3) is 0.429. The molecule has 0 saturated heterocycles. The maximum atomic E-state index is 12.8. The molecule has 0 atom stereocenters. The van der Waals surface area contributed by atoms with Crippen molar-refractivity contribution < 1.29 is 9.59 Å². The van der Waals surface area contributed by atoms with E-state index in [1.807, 2.05) is 6.92 Å². The van der Waals surface area contributed by atoms with Crippen molar-refractivity contribution in [2.75, 3.05) is 6.54 Å². The number of hydrogen-bond acceptors (Lipinski definition) is 2. The van der Waals surface area contributed by atoms with Crippen LogP contribution in [0.2, 0.25) is 0 Å². The third kappa shape index (κ3) is 2.92. The molecule has 0 spiro atoms. The quantitative estimate of drug-likeness (QED) is 0.775. The maximum Gasteiger partial charge on any atom is 0.268 e. The van der Waals surface area contributed by atoms with Gasteiger partial charge >= 0.3 is 0 Å². The van der Waals surface area contributed by atoms with Gasteiger partial charge in [0.15, 0.2) is 5.78 Å². The molecule has 2 N–H and O–H groups in total. The molecule has 1 saturated carbocycles. The molecule has 1 aromatic heterocycles. The summed E-state index contributed by atoms with van der Waals surface area (Å²) in [5.74, 6) is 0.0532. The summed E-state index contributed by atoms with van der Waals surface area (Å²) in [6.07, 6.45) is 5.66. The molecule has 0 unspecified atom stereocenters. The first kappa shape index (κ1) is 17.5. The third-order valence-electron chi connectivity index (χ3n) is 6.02. The highest BCUT2D eigenvalue weighted by Crippen LogP contribution is 2.43. The van der Waals surface area contributed by atoms with Crippen molar-refractivity contribution in [1.29, 1.82) is 0 Å². The number of carbonyl (C=O) groups is 2. The number of H-pyrrole nitrogens is 1. The smallest absolute Gasteiger partial charge is 0.268 e. The summed E-state index contributed by atoms with van der Waals surface area (Å²) in [5.41, 5.74) is 4.34. The molecular weight excluding hydrogens is 392 g/mol. The van der Waals surface area contributed by atoms with Gasteiger partial charge in [0.1, 0.15) is 5.69 Å². The van der Waals surface area contributed by atoms with E-state index in [1.54, 1.807) is 0 Å². The minimum atomic E-state index is -0.104. The molecule has 5 heteroatoms. The van der Waals surface area contributed by atoms with Crippen LogP contribution >= 0.6 is 15.9 Å². The largest absolute Gasteiger partial charge is 0.354 e. The molecule has 0 aliphatic heterocycles. The van der Waals surface area contributed by atoms with Crippen LogP contribution in [0.3, 0.4) is 0 Å². The molecule has 2 aliphatic carbocycles. The van der Waals surface area contributed by atoms with E-state index in [-0.39, 0.29) is 17.1 Å². The lowest BCUT2D eigenvalue weighted by Crippen LogP contribution is -2.45. The van der Waals surface area contributed by atoms with Crippen molar-refractivity contribution in [2.24, 2.45) is 0 Å². The monoisotopic (exact) mass is 414 g/mol. The zero-order valence-electron chi connectivity index (χ0n) is 15.0. The van der Waals surface area contributed by atoms with Crippen LogP contribution in [0.4, 0.5) is 0 Å². The normalized spacial score (nSPS) is 18.2. The first-order valence-corrected chi connectivity index (χ1v) is 10.1. The van der Waals surface area contributed by atoms with Gasteiger partial charge in [-0.05, 0) is 55.9 Å². The minimum Gasteiger partial charge on any atom is -0.354 e. The molecule has 2 aliphatic rings. The SMILES string of the molecule is Cc1c(C(=O)NCC2(c3ccc(Br)cc3)CCC2)[nH]c2c1C(=O)CCC2. The number of Topliss-reactive ketones (excluding diaryl/α,β-unsaturated/α-hetero) is 1. The van der Waals surface area contributed by atoms with Crippen LogP contribution in [0.25, 0.3) is 0 Å². The Labute approximate surface area is 161 Å². The molecule has 1 heterocycles. The molecular formula is C21H23BrN2O2. The molecule has 4 nitrogen and oxygen atoms in total. The Morgan fingerprint density at radius 2 is 1.92 bits per heavy atom. The first-order chi connectivity index (χ1) is 12.5. The van der Waals surface area contributed by atoms with Crippen molar-refractivity contribution in [1.82, 2.24) is 10.3 Å². The summed E-state index contributed by atoms with van der Waals surface area (Å²) >= 11 is 3.48. The van der Waals surface area contributed by atoms with E-state index in [9.17, 15) is 9.59 Å². The van der Waals surface area contributed by atoms with Crippen molar-refractivity contribution >= 4 is 27.6 Å². The lowest BCUT2D eigenvalue weighted by Gasteiger charge is -2.42. The number of benzene rings is 1. The summed E-state index contributed by atoms with van der Waals surface area (Å²) in [5, 5.41) is 3.13. The highest BCUT2D eigenvalue weighted by atomic mass is 79.9. The van der Waals surface area contributed by atoms with E-state index in [1.165, 1.54) is 12.0 Å². The number of ketones is 1. The van der Waals surface area contributed by atoms with Gasteiger partial charge in [-0.25, -0.2) is 0 Å². The maximum absolute atomic E-state index is 12.8. The number of aromatic amines is 1. The van der Waals surface area contributed by atoms with E-state index >= 15 is 0 Å². The second kappa shape index (κ2) is 6.69. The van der Waals surface area contributed by atoms with E-state index < -0.39 is 0 Å². The van der Waals surface area contributed by atoms with Gasteiger partial charge in [-0.1, -0.05) is 34.5 Å². The molecule has 1 aromatic carbocycles. The van der Waals surface area contributed by atoms with Gasteiger partial charge in [0.05, 0.1) is 0 Å². The Hall–Kier alpha value is -1.88. The van der Waals surface area contributed by atoms with Gasteiger partial charge in [0, 0.05) is 34.1 Å². The number of aryl methyl sites for hydroxylation is 1. The third-order valence-corrected chi connectivity index (χ3v) is 6.55. The van der Waals surface area contributed by atoms with E-state index in [0.29, 0.717) is 18.7 Å². The van der Waals surface area contributed by atoms with Crippen LogP contribution in [-0.2, 0) is 11.8 Å². The number of nitrogens with one attached hydrogen (secondary N) is 2. The van der Waals surface area contributed by atoms with Crippen molar-refractivity contribution in [3.8, 4) is 0 Å². The molecule has 26 heavy (non-hydrogen) atoms. The van der Waals surface area contributed by atoms with Crippen molar-refractivity contribution in [2.45, 2.75) is 50.9 Å². The van der Waals surface area contributed by atoms with Crippen LogP contribution in [-0.4, -0.2) is 23.2 Å². The number of fused-ring (bicyclic) bond motifs is 1. The van der Waals surface area contributed by atoms with Gasteiger partial charge in [-0.15, -0.1) is 0 Å². The number of rotatable bonds is 4. The zero-order valence-corrected chi connectivity index (χ0v) is 16.5. The lowest BCUT2D eigenvalue weighted by atomic mass is 9.64. The highest BCUT2D eigenvalue weighted by molar-refractivity contribution is 9.10. The fourth-order valence-electron chi connectivity index (χ4n) is 4.31. The first-order valence-electron chi connectivity index (χ1n) is 9.29. The van der Waals surface area contributed by atoms with Crippen LogP contribution in [0.1, 0.15) is 69.8 Å². The molecule has 4 rings (SSSR count). The second-order valence-corrected chi connectivity index (χ2v) is 8.49. The van der Waals surface area contributed by atoms with Crippen LogP contribution in [0.15, 0.2) is 28.7 Å². The van der Waals surface area contributed by atoms with Crippen molar-refractivity contribution in [3.63, 3.8) is 0 Å². The van der Waals surface area contributed by atoms with Gasteiger partial charge < -0.3 is 10.3 Å². The highest BCUT2D eigenvalue weighted by Gasteiger charge is 2.39. The number of hydrogen-bond donors (Lipinski definition) is 2. The fourth-order valence-corrected chi connectivity index (χ4v) is 4.58. The van der Waals surface area contributed by atoms with E-state index in [0.717, 1.165) is 47.0 Å². The van der Waals surface area contributed by atoms with Crippen LogP contribution in [0.5, 0.6) is 0 Å². The van der Waals surface area contributed by atoms with Crippen LogP contribution in [0, 0.1) is 6.92 Å². The molecule has 136 valence electrons. The minimum absolute atomic E-state index is 0.0340. The second-order valence-electron chi connectivity index (χ2n) is 7.58. The summed E-state index contributed by atoms with van der Waals surface area (Å²) in [4.78, 5) is 28.2. The Kier molecular flexibility index (Phi) is 4.51. The molecule has 1 fully saturated rings. The van der Waals surface area contributed by atoms with Gasteiger partial charge in [-0.3, -0.25) is 9.59 Å². The Morgan fingerprint density at radius 1 is 1.19 bits per heavy atom. The molecule has 2 aromatic rings. The number of halogens is 1. The predicted molar refractivity (Wildman–Crippen MR) is 105 cm³/mol. The Morgan fingerprint density at radius 3 is 2.54 bits per heavy atom. The Balaban J connectivity index is 1.52. The summed E-state index contributed by atoms with van der Waals surface area (Å²) < 4.78 is 1.07. The standard InChI is InChI=1S/C21H23BrN2O2/c1-13-18-16(4-2-5-17(18)25)24-19(13)20(26)23-12-21(10-3-11-21)14-6-8-15(22)9-7-14/h6-9,24H,2-5,10-12H2,1H3,(H,23,26). The molecule has 0 bridgehead atoms. The number of carbonyl (C=O) groups excluding carboxylic acids is 2. The molecule has 1 amide bonds.